The van der Waals surface area contributed by atoms with Gasteiger partial charge < -0.3 is 4.74 Å². The van der Waals surface area contributed by atoms with Gasteiger partial charge in [0, 0.05) is 43.5 Å². The minimum Gasteiger partial charge on any atom is -0.481 e. The highest BCUT2D eigenvalue weighted by Crippen LogP contribution is 2.27. The molecule has 0 spiro atoms. The molecule has 0 aromatic carbocycles. The van der Waals surface area contributed by atoms with Crippen LogP contribution in [-0.2, 0) is 35.4 Å². The summed E-state index contributed by atoms with van der Waals surface area (Å²) in [5.74, 6) is 0.235. The van der Waals surface area contributed by atoms with Crippen LogP contribution in [0.5, 0.6) is 5.88 Å². The minimum absolute atomic E-state index is 0.355. The molecular weight excluding hydrogens is 330 g/mol. The van der Waals surface area contributed by atoms with E-state index in [0.717, 1.165) is 29.9 Å². The zero-order chi connectivity index (χ0) is 16.7. The number of nitrogens with zero attached hydrogens (tertiary/aromatic N) is 4. The van der Waals surface area contributed by atoms with Gasteiger partial charge in [0.25, 0.3) is 5.91 Å². The standard InChI is InChI=1S/C15H15N5O3S/c1-23-14-3-2-10(5-16-14)7-19-8-11-6-17-20(12(11)9-19)15-4-13(21)18-24(15)22/h2-6H,7-9H2,1H3,(H,18,21). The van der Waals surface area contributed by atoms with Gasteiger partial charge in [-0.15, -0.1) is 0 Å². The quantitative estimate of drug-likeness (QED) is 0.862. The highest BCUT2D eigenvalue weighted by molar-refractivity contribution is 7.93. The zero-order valence-electron chi connectivity index (χ0n) is 12.9. The van der Waals surface area contributed by atoms with Crippen molar-refractivity contribution in [3.8, 4) is 5.88 Å². The molecule has 1 N–H and O–H groups in total. The van der Waals surface area contributed by atoms with Gasteiger partial charge in [-0.05, 0) is 5.56 Å². The Kier molecular flexibility index (Phi) is 3.66. The lowest BCUT2D eigenvalue weighted by Crippen LogP contribution is -2.19. The van der Waals surface area contributed by atoms with Crippen LogP contribution in [0.3, 0.4) is 0 Å². The number of rotatable bonds is 4. The van der Waals surface area contributed by atoms with Crippen molar-refractivity contribution < 1.29 is 13.7 Å². The number of carbonyl (C=O) groups excluding carboxylic acids is 1. The lowest BCUT2D eigenvalue weighted by Gasteiger charge is -2.15. The van der Waals surface area contributed by atoms with E-state index in [0.29, 0.717) is 17.5 Å². The van der Waals surface area contributed by atoms with Crippen molar-refractivity contribution in [1.29, 1.82) is 0 Å². The third-order valence-corrected chi connectivity index (χ3v) is 5.04. The van der Waals surface area contributed by atoms with Crippen molar-refractivity contribution in [3.63, 3.8) is 0 Å². The molecule has 2 aromatic rings. The number of hydrogen-bond donors (Lipinski definition) is 1. The molecule has 0 saturated heterocycles. The van der Waals surface area contributed by atoms with E-state index < -0.39 is 11.0 Å². The Labute approximate surface area is 140 Å². The smallest absolute Gasteiger partial charge is 0.258 e. The van der Waals surface area contributed by atoms with Crippen molar-refractivity contribution in [2.45, 2.75) is 19.6 Å². The molecule has 0 saturated carbocycles. The van der Waals surface area contributed by atoms with Crippen molar-refractivity contribution in [2.24, 2.45) is 0 Å². The van der Waals surface area contributed by atoms with Crippen molar-refractivity contribution in [3.05, 3.63) is 47.4 Å². The number of amides is 1. The molecule has 2 aliphatic rings. The van der Waals surface area contributed by atoms with Crippen molar-refractivity contribution >= 4 is 21.9 Å². The van der Waals surface area contributed by atoms with E-state index in [4.69, 9.17) is 4.74 Å². The van der Waals surface area contributed by atoms with Gasteiger partial charge >= 0.3 is 0 Å². The van der Waals surface area contributed by atoms with E-state index in [9.17, 15) is 9.00 Å². The van der Waals surface area contributed by atoms with Gasteiger partial charge in [0.05, 0.1) is 19.0 Å². The number of carbonyl (C=O) groups is 1. The fraction of sp³-hybridized carbons (Fsp3) is 0.267. The Morgan fingerprint density at radius 1 is 1.33 bits per heavy atom. The van der Waals surface area contributed by atoms with Gasteiger partial charge in [-0.3, -0.25) is 14.4 Å². The van der Waals surface area contributed by atoms with Gasteiger partial charge in [0.1, 0.15) is 0 Å². The summed E-state index contributed by atoms with van der Waals surface area (Å²) >= 11 is 0. The van der Waals surface area contributed by atoms with Crippen molar-refractivity contribution in [1.82, 2.24) is 24.4 Å². The third kappa shape index (κ3) is 2.61. The molecule has 0 radical (unpaired) electrons. The summed E-state index contributed by atoms with van der Waals surface area (Å²) in [5, 5.41) is 4.66. The highest BCUT2D eigenvalue weighted by atomic mass is 32.2. The number of aromatic nitrogens is 3. The maximum absolute atomic E-state index is 11.9. The molecule has 0 fully saturated rings. The Hall–Kier alpha value is -2.52. The van der Waals surface area contributed by atoms with Gasteiger partial charge in [-0.25, -0.2) is 13.9 Å². The monoisotopic (exact) mass is 345 g/mol. The second kappa shape index (κ2) is 5.84. The van der Waals surface area contributed by atoms with Crippen LogP contribution in [0.25, 0.3) is 5.03 Å². The molecule has 4 heterocycles. The summed E-state index contributed by atoms with van der Waals surface area (Å²) in [6.45, 7) is 2.16. The fourth-order valence-electron chi connectivity index (χ4n) is 2.88. The first kappa shape index (κ1) is 15.0. The first-order valence-electron chi connectivity index (χ1n) is 7.35. The number of hydrogen-bond acceptors (Lipinski definition) is 6. The molecular formula is C15H15N5O3S. The summed E-state index contributed by atoms with van der Waals surface area (Å²) in [6, 6.07) is 3.82. The maximum Gasteiger partial charge on any atom is 0.258 e. The SMILES string of the molecule is COc1ccc(CN2Cc3cnn(C4=CC(=O)NS4=O)c3C2)cn1. The van der Waals surface area contributed by atoms with Crippen LogP contribution < -0.4 is 9.46 Å². The van der Waals surface area contributed by atoms with E-state index in [-0.39, 0.29) is 5.91 Å². The van der Waals surface area contributed by atoms with E-state index in [1.165, 1.54) is 6.08 Å². The Morgan fingerprint density at radius 3 is 2.88 bits per heavy atom. The Morgan fingerprint density at radius 2 is 2.21 bits per heavy atom. The molecule has 0 aliphatic carbocycles. The number of nitrogens with one attached hydrogen (secondary N) is 1. The van der Waals surface area contributed by atoms with Crippen LogP contribution in [0.2, 0.25) is 0 Å². The molecule has 0 bridgehead atoms. The molecule has 4 rings (SSSR count). The molecule has 1 atom stereocenters. The largest absolute Gasteiger partial charge is 0.481 e. The lowest BCUT2D eigenvalue weighted by atomic mass is 10.2. The molecule has 8 nitrogen and oxygen atoms in total. The molecule has 124 valence electrons. The van der Waals surface area contributed by atoms with E-state index >= 15 is 0 Å². The summed E-state index contributed by atoms with van der Waals surface area (Å²) < 4.78 is 21.0. The van der Waals surface area contributed by atoms with Crippen molar-refractivity contribution in [2.75, 3.05) is 7.11 Å². The summed E-state index contributed by atoms with van der Waals surface area (Å²) in [7, 11) is 0.0436. The Balaban J connectivity index is 1.51. The minimum atomic E-state index is -1.55. The van der Waals surface area contributed by atoms with Crippen LogP contribution in [-0.4, -0.2) is 36.9 Å². The number of ether oxygens (including phenoxy) is 1. The third-order valence-electron chi connectivity index (χ3n) is 3.98. The van der Waals surface area contributed by atoms with Crippen LogP contribution in [0.1, 0.15) is 16.8 Å². The maximum atomic E-state index is 11.9. The predicted molar refractivity (Wildman–Crippen MR) is 86.5 cm³/mol. The average Bonchev–Trinajstić information content (AvgIpc) is 3.22. The number of pyridine rings is 1. The first-order chi connectivity index (χ1) is 11.6. The van der Waals surface area contributed by atoms with Crippen LogP contribution in [0, 0.1) is 0 Å². The van der Waals surface area contributed by atoms with Crippen LogP contribution >= 0.6 is 0 Å². The molecule has 2 aliphatic heterocycles. The van der Waals surface area contributed by atoms with E-state index in [1.54, 1.807) is 24.2 Å². The highest BCUT2D eigenvalue weighted by Gasteiger charge is 2.29. The summed E-state index contributed by atoms with van der Waals surface area (Å²) in [6.07, 6.45) is 4.90. The van der Waals surface area contributed by atoms with E-state index in [2.05, 4.69) is 19.7 Å². The van der Waals surface area contributed by atoms with Gasteiger partial charge in [0.2, 0.25) is 5.88 Å². The molecule has 24 heavy (non-hydrogen) atoms. The fourth-order valence-corrected chi connectivity index (χ4v) is 3.76. The zero-order valence-corrected chi connectivity index (χ0v) is 13.7. The van der Waals surface area contributed by atoms with Crippen LogP contribution in [0.15, 0.2) is 30.6 Å². The molecule has 9 heteroatoms. The van der Waals surface area contributed by atoms with Gasteiger partial charge in [-0.2, -0.15) is 5.10 Å². The topological polar surface area (TPSA) is 89.4 Å². The van der Waals surface area contributed by atoms with Gasteiger partial charge in [0.15, 0.2) is 16.0 Å². The summed E-state index contributed by atoms with van der Waals surface area (Å²) in [4.78, 5) is 17.8. The predicted octanol–water partition coefficient (Wildman–Crippen LogP) is 0.394. The van der Waals surface area contributed by atoms with Crippen LogP contribution in [0.4, 0.5) is 0 Å². The van der Waals surface area contributed by atoms with E-state index in [1.807, 2.05) is 12.1 Å². The lowest BCUT2D eigenvalue weighted by molar-refractivity contribution is -0.114. The number of fused-ring (bicyclic) bond motifs is 1. The first-order valence-corrected chi connectivity index (χ1v) is 8.50. The average molecular weight is 345 g/mol. The Bertz CT molecular complexity index is 858. The molecule has 2 aromatic heterocycles. The number of methoxy groups -OCH3 is 1. The van der Waals surface area contributed by atoms with Gasteiger partial charge in [-0.1, -0.05) is 6.07 Å². The molecule has 1 unspecified atom stereocenters. The second-order valence-corrected chi connectivity index (χ2v) is 6.76. The molecule has 1 amide bonds. The summed E-state index contributed by atoms with van der Waals surface area (Å²) in [5.41, 5.74) is 3.13. The second-order valence-electron chi connectivity index (χ2n) is 5.60. The normalized spacial score (nSPS) is 20.0.